The van der Waals surface area contributed by atoms with E-state index >= 15 is 0 Å². The van der Waals surface area contributed by atoms with Gasteiger partial charge in [-0.1, -0.05) is 34.6 Å². The van der Waals surface area contributed by atoms with Gasteiger partial charge in [0.15, 0.2) is 0 Å². The first-order chi connectivity index (χ1) is 5.81. The van der Waals surface area contributed by atoms with Crippen LogP contribution in [0.4, 0.5) is 0 Å². The molecule has 0 radical (unpaired) electrons. The van der Waals surface area contributed by atoms with E-state index in [0.29, 0.717) is 24.7 Å². The van der Waals surface area contributed by atoms with Gasteiger partial charge in [0.1, 0.15) is 5.78 Å². The topological polar surface area (TPSA) is 29.1 Å². The molecule has 0 spiro atoms. The predicted octanol–water partition coefficient (Wildman–Crippen LogP) is 2.38. The molecule has 0 heterocycles. The second-order valence-corrected chi connectivity index (χ2v) is 5.13. The largest absolute Gasteiger partial charge is 0.314 e. The summed E-state index contributed by atoms with van der Waals surface area (Å²) in [6, 6.07) is 0.474. The van der Waals surface area contributed by atoms with Crippen molar-refractivity contribution in [1.82, 2.24) is 5.32 Å². The third-order valence-electron chi connectivity index (χ3n) is 1.68. The molecule has 1 N–H and O–H groups in total. The van der Waals surface area contributed by atoms with E-state index in [1.807, 2.05) is 0 Å². The van der Waals surface area contributed by atoms with E-state index in [2.05, 4.69) is 39.9 Å². The molecule has 0 aliphatic rings. The van der Waals surface area contributed by atoms with Crippen LogP contribution in [-0.2, 0) is 4.79 Å². The van der Waals surface area contributed by atoms with Crippen molar-refractivity contribution >= 4 is 5.78 Å². The van der Waals surface area contributed by atoms with Crippen molar-refractivity contribution in [2.24, 2.45) is 5.41 Å². The lowest BCUT2D eigenvalue weighted by atomic mass is 9.89. The van der Waals surface area contributed by atoms with E-state index in [1.54, 1.807) is 0 Å². The molecule has 0 aliphatic heterocycles. The van der Waals surface area contributed by atoms with Gasteiger partial charge in [0, 0.05) is 25.4 Å². The third kappa shape index (κ3) is 9.54. The van der Waals surface area contributed by atoms with Gasteiger partial charge < -0.3 is 5.32 Å². The molecular formula is C11H23NO. The molecule has 0 fully saturated rings. The van der Waals surface area contributed by atoms with Crippen LogP contribution < -0.4 is 5.32 Å². The smallest absolute Gasteiger partial charge is 0.134 e. The fraction of sp³-hybridized carbons (Fsp3) is 0.909. The van der Waals surface area contributed by atoms with Crippen LogP contribution in [0.2, 0.25) is 0 Å². The molecule has 0 aromatic heterocycles. The quantitative estimate of drug-likeness (QED) is 0.712. The molecule has 0 aromatic carbocycles. The van der Waals surface area contributed by atoms with Crippen molar-refractivity contribution in [3.05, 3.63) is 0 Å². The zero-order valence-electron chi connectivity index (χ0n) is 9.61. The molecule has 78 valence electrons. The minimum absolute atomic E-state index is 0.134. The van der Waals surface area contributed by atoms with Gasteiger partial charge >= 0.3 is 0 Å². The van der Waals surface area contributed by atoms with Crippen molar-refractivity contribution in [2.75, 3.05) is 6.54 Å². The zero-order chi connectivity index (χ0) is 10.5. The van der Waals surface area contributed by atoms with Crippen LogP contribution in [0.1, 0.15) is 47.5 Å². The highest BCUT2D eigenvalue weighted by molar-refractivity contribution is 5.79. The summed E-state index contributed by atoms with van der Waals surface area (Å²) in [6.45, 7) is 11.3. The van der Waals surface area contributed by atoms with Crippen LogP contribution >= 0.6 is 0 Å². The monoisotopic (exact) mass is 185 g/mol. The Balaban J connectivity index is 3.53. The first-order valence-corrected chi connectivity index (χ1v) is 5.06. The number of carbonyl (C=O) groups is 1. The van der Waals surface area contributed by atoms with Gasteiger partial charge in [0.25, 0.3) is 0 Å². The maximum Gasteiger partial charge on any atom is 0.134 e. The summed E-state index contributed by atoms with van der Waals surface area (Å²) < 4.78 is 0. The maximum absolute atomic E-state index is 11.4. The van der Waals surface area contributed by atoms with Crippen LogP contribution in [0.5, 0.6) is 0 Å². The van der Waals surface area contributed by atoms with Gasteiger partial charge in [-0.3, -0.25) is 4.79 Å². The van der Waals surface area contributed by atoms with Crippen LogP contribution in [-0.4, -0.2) is 18.4 Å². The van der Waals surface area contributed by atoms with Gasteiger partial charge in [-0.2, -0.15) is 0 Å². The first-order valence-electron chi connectivity index (χ1n) is 5.06. The molecular weight excluding hydrogens is 162 g/mol. The number of hydrogen-bond donors (Lipinski definition) is 1. The van der Waals surface area contributed by atoms with Crippen LogP contribution in [0, 0.1) is 5.41 Å². The number of nitrogens with one attached hydrogen (secondary N) is 1. The fourth-order valence-electron chi connectivity index (χ4n) is 1.18. The SMILES string of the molecule is CC(C)NCCC(=O)CC(C)(C)C. The summed E-state index contributed by atoms with van der Waals surface area (Å²) in [5, 5.41) is 3.24. The summed E-state index contributed by atoms with van der Waals surface area (Å²) in [5.41, 5.74) is 0.134. The molecule has 0 atom stereocenters. The zero-order valence-corrected chi connectivity index (χ0v) is 9.61. The second-order valence-electron chi connectivity index (χ2n) is 5.13. The van der Waals surface area contributed by atoms with Crippen LogP contribution in [0.25, 0.3) is 0 Å². The summed E-state index contributed by atoms with van der Waals surface area (Å²) in [6.07, 6.45) is 1.35. The molecule has 2 heteroatoms. The number of carbonyl (C=O) groups excluding carboxylic acids is 1. The Bertz CT molecular complexity index is 156. The summed E-state index contributed by atoms with van der Waals surface area (Å²) in [4.78, 5) is 11.4. The number of rotatable bonds is 5. The molecule has 0 saturated heterocycles. The lowest BCUT2D eigenvalue weighted by Gasteiger charge is -2.17. The van der Waals surface area contributed by atoms with Gasteiger partial charge in [-0.05, 0) is 5.41 Å². The average molecular weight is 185 g/mol. The Labute approximate surface area is 82.1 Å². The predicted molar refractivity (Wildman–Crippen MR) is 56.8 cm³/mol. The van der Waals surface area contributed by atoms with Crippen molar-refractivity contribution in [2.45, 2.75) is 53.5 Å². The average Bonchev–Trinajstić information content (AvgIpc) is 1.81. The number of ketones is 1. The van der Waals surface area contributed by atoms with Gasteiger partial charge in [0.2, 0.25) is 0 Å². The van der Waals surface area contributed by atoms with E-state index < -0.39 is 0 Å². The third-order valence-corrected chi connectivity index (χ3v) is 1.68. The van der Waals surface area contributed by atoms with Gasteiger partial charge in [0.05, 0.1) is 0 Å². The van der Waals surface area contributed by atoms with E-state index in [1.165, 1.54) is 0 Å². The maximum atomic E-state index is 11.4. The molecule has 0 bridgehead atoms. The Hall–Kier alpha value is -0.370. The van der Waals surface area contributed by atoms with Crippen molar-refractivity contribution in [3.8, 4) is 0 Å². The van der Waals surface area contributed by atoms with Gasteiger partial charge in [-0.25, -0.2) is 0 Å². The Morgan fingerprint density at radius 3 is 2.23 bits per heavy atom. The molecule has 0 unspecified atom stereocenters. The second kappa shape index (κ2) is 5.38. The van der Waals surface area contributed by atoms with E-state index in [9.17, 15) is 4.79 Å². The Kier molecular flexibility index (Phi) is 5.23. The lowest BCUT2D eigenvalue weighted by Crippen LogP contribution is -2.26. The van der Waals surface area contributed by atoms with E-state index in [0.717, 1.165) is 6.54 Å². The highest BCUT2D eigenvalue weighted by Gasteiger charge is 2.15. The molecule has 2 nitrogen and oxygen atoms in total. The summed E-state index contributed by atoms with van der Waals surface area (Å²) in [5.74, 6) is 0.362. The summed E-state index contributed by atoms with van der Waals surface area (Å²) >= 11 is 0. The molecule has 0 saturated carbocycles. The van der Waals surface area contributed by atoms with Crippen LogP contribution in [0.3, 0.4) is 0 Å². The Morgan fingerprint density at radius 2 is 1.85 bits per heavy atom. The van der Waals surface area contributed by atoms with Gasteiger partial charge in [-0.15, -0.1) is 0 Å². The fourth-order valence-corrected chi connectivity index (χ4v) is 1.18. The van der Waals surface area contributed by atoms with E-state index in [-0.39, 0.29) is 5.41 Å². The highest BCUT2D eigenvalue weighted by Crippen LogP contribution is 2.19. The van der Waals surface area contributed by atoms with Crippen molar-refractivity contribution in [3.63, 3.8) is 0 Å². The number of Topliss-reactive ketones (excluding diaryl/α,β-unsaturated/α-hetero) is 1. The Morgan fingerprint density at radius 1 is 1.31 bits per heavy atom. The van der Waals surface area contributed by atoms with Crippen molar-refractivity contribution in [1.29, 1.82) is 0 Å². The standard InChI is InChI=1S/C11H23NO/c1-9(2)12-7-6-10(13)8-11(3,4)5/h9,12H,6-8H2,1-5H3. The molecule has 0 amide bonds. The van der Waals surface area contributed by atoms with Crippen LogP contribution in [0.15, 0.2) is 0 Å². The van der Waals surface area contributed by atoms with Crippen molar-refractivity contribution < 1.29 is 4.79 Å². The first kappa shape index (κ1) is 12.6. The molecule has 0 aliphatic carbocycles. The normalized spacial score (nSPS) is 12.2. The number of hydrogen-bond acceptors (Lipinski definition) is 2. The molecule has 0 aromatic rings. The lowest BCUT2D eigenvalue weighted by molar-refractivity contribution is -0.120. The molecule has 0 rings (SSSR count). The summed E-state index contributed by atoms with van der Waals surface area (Å²) in [7, 11) is 0. The minimum atomic E-state index is 0.134. The highest BCUT2D eigenvalue weighted by atomic mass is 16.1. The minimum Gasteiger partial charge on any atom is -0.314 e. The molecule has 13 heavy (non-hydrogen) atoms. The van der Waals surface area contributed by atoms with E-state index in [4.69, 9.17) is 0 Å².